The molecule has 0 aromatic carbocycles. The topological polar surface area (TPSA) is 21.3 Å². The molecule has 0 aromatic heterocycles. The quantitative estimate of drug-likeness (QED) is 0.700. The van der Waals surface area contributed by atoms with Crippen LogP contribution in [0, 0.1) is 5.92 Å². The Balaban J connectivity index is 1.92. The molecule has 0 heterocycles. The molecule has 1 unspecified atom stereocenters. The van der Waals surface area contributed by atoms with E-state index in [1.807, 2.05) is 0 Å². The van der Waals surface area contributed by atoms with E-state index in [1.54, 1.807) is 0 Å². The third-order valence-corrected chi connectivity index (χ3v) is 2.84. The first kappa shape index (κ1) is 12.8. The van der Waals surface area contributed by atoms with Crippen molar-refractivity contribution in [1.82, 2.24) is 5.32 Å². The molecule has 15 heavy (non-hydrogen) atoms. The molecule has 1 fully saturated rings. The van der Waals surface area contributed by atoms with E-state index in [0.717, 1.165) is 0 Å². The Morgan fingerprint density at radius 3 is 2.53 bits per heavy atom. The molecule has 0 aromatic rings. The van der Waals surface area contributed by atoms with Gasteiger partial charge in [0.1, 0.15) is 6.61 Å². The van der Waals surface area contributed by atoms with Gasteiger partial charge in [0.05, 0.1) is 6.61 Å². The van der Waals surface area contributed by atoms with Crippen molar-refractivity contribution in [2.24, 2.45) is 5.92 Å². The highest BCUT2D eigenvalue weighted by Gasteiger charge is 2.27. The van der Waals surface area contributed by atoms with Crippen LogP contribution in [0.5, 0.6) is 0 Å². The van der Waals surface area contributed by atoms with Gasteiger partial charge in [0.15, 0.2) is 0 Å². The largest absolute Gasteiger partial charge is 0.411 e. The van der Waals surface area contributed by atoms with Crippen LogP contribution in [-0.2, 0) is 4.74 Å². The predicted octanol–water partition coefficient (Wildman–Crippen LogP) is 2.34. The average Bonchev–Trinajstić information content (AvgIpc) is 1.97. The number of rotatable bonds is 6. The summed E-state index contributed by atoms with van der Waals surface area (Å²) in [6.45, 7) is 1.55. The van der Waals surface area contributed by atoms with Gasteiger partial charge in [-0.25, -0.2) is 0 Å². The third kappa shape index (κ3) is 5.37. The lowest BCUT2D eigenvalue weighted by atomic mass is 9.80. The number of hydrogen-bond donors (Lipinski definition) is 1. The van der Waals surface area contributed by atoms with E-state index in [0.29, 0.717) is 18.5 Å². The summed E-state index contributed by atoms with van der Waals surface area (Å²) in [5.41, 5.74) is 0. The molecule has 0 radical (unpaired) electrons. The van der Waals surface area contributed by atoms with E-state index in [4.69, 9.17) is 0 Å². The minimum Gasteiger partial charge on any atom is -0.371 e. The Morgan fingerprint density at radius 2 is 2.07 bits per heavy atom. The summed E-state index contributed by atoms with van der Waals surface area (Å²) in [5.74, 6) is 0.701. The summed E-state index contributed by atoms with van der Waals surface area (Å²) in [6, 6.07) is 0.397. The molecular weight excluding hydrogens is 207 g/mol. The minimum atomic E-state index is -4.21. The van der Waals surface area contributed by atoms with Gasteiger partial charge in [-0.15, -0.1) is 0 Å². The van der Waals surface area contributed by atoms with Crippen molar-refractivity contribution in [1.29, 1.82) is 0 Å². The van der Waals surface area contributed by atoms with E-state index in [1.165, 1.54) is 19.3 Å². The zero-order chi connectivity index (χ0) is 11.3. The fourth-order valence-corrected chi connectivity index (χ4v) is 1.65. The minimum absolute atomic E-state index is 0.122. The van der Waals surface area contributed by atoms with Gasteiger partial charge in [0.25, 0.3) is 0 Å². The zero-order valence-corrected chi connectivity index (χ0v) is 8.94. The summed E-state index contributed by atoms with van der Waals surface area (Å²) in [6.07, 6.45) is -0.462. The number of halogens is 3. The van der Waals surface area contributed by atoms with Gasteiger partial charge < -0.3 is 10.1 Å². The van der Waals surface area contributed by atoms with Crippen LogP contribution in [0.3, 0.4) is 0 Å². The summed E-state index contributed by atoms with van der Waals surface area (Å²) < 4.78 is 39.6. The number of nitrogens with one attached hydrogen (secondary N) is 1. The highest BCUT2D eigenvalue weighted by atomic mass is 19.4. The summed E-state index contributed by atoms with van der Waals surface area (Å²) in [4.78, 5) is 0. The monoisotopic (exact) mass is 225 g/mol. The van der Waals surface area contributed by atoms with Crippen molar-refractivity contribution in [2.75, 3.05) is 19.8 Å². The van der Waals surface area contributed by atoms with Crippen molar-refractivity contribution in [3.63, 3.8) is 0 Å². The van der Waals surface area contributed by atoms with Gasteiger partial charge in [0, 0.05) is 12.6 Å². The van der Waals surface area contributed by atoms with Crippen LogP contribution in [-0.4, -0.2) is 32.0 Å². The lowest BCUT2D eigenvalue weighted by Crippen LogP contribution is -2.39. The van der Waals surface area contributed by atoms with Crippen LogP contribution >= 0.6 is 0 Å². The Labute approximate surface area is 88.2 Å². The first-order valence-electron chi connectivity index (χ1n) is 5.37. The molecule has 0 amide bonds. The van der Waals surface area contributed by atoms with E-state index in [2.05, 4.69) is 17.0 Å². The van der Waals surface area contributed by atoms with E-state index < -0.39 is 12.8 Å². The second kappa shape index (κ2) is 5.70. The van der Waals surface area contributed by atoms with Crippen LogP contribution < -0.4 is 5.32 Å². The van der Waals surface area contributed by atoms with Crippen LogP contribution in [0.15, 0.2) is 0 Å². The first-order valence-corrected chi connectivity index (χ1v) is 5.37. The standard InChI is InChI=1S/C10H18F3NO/c1-8(9-3-2-4-9)14-5-6-15-7-10(11,12)13/h8-9,14H,2-7H2,1H3. The van der Waals surface area contributed by atoms with E-state index >= 15 is 0 Å². The highest BCUT2D eigenvalue weighted by molar-refractivity contribution is 4.79. The second-order valence-electron chi connectivity index (χ2n) is 4.10. The molecule has 1 aliphatic carbocycles. The second-order valence-corrected chi connectivity index (χ2v) is 4.10. The molecule has 2 nitrogen and oxygen atoms in total. The molecular formula is C10H18F3NO. The van der Waals surface area contributed by atoms with Crippen LogP contribution in [0.25, 0.3) is 0 Å². The van der Waals surface area contributed by atoms with Crippen molar-refractivity contribution in [3.05, 3.63) is 0 Å². The van der Waals surface area contributed by atoms with Crippen molar-refractivity contribution in [3.8, 4) is 0 Å². The van der Waals surface area contributed by atoms with E-state index in [-0.39, 0.29) is 6.61 Å². The smallest absolute Gasteiger partial charge is 0.371 e. The summed E-state index contributed by atoms with van der Waals surface area (Å²) >= 11 is 0. The molecule has 90 valence electrons. The lowest BCUT2D eigenvalue weighted by Gasteiger charge is -2.32. The van der Waals surface area contributed by atoms with Gasteiger partial charge >= 0.3 is 6.18 Å². The molecule has 0 spiro atoms. The maximum Gasteiger partial charge on any atom is 0.411 e. The Bertz CT molecular complexity index is 180. The SMILES string of the molecule is CC(NCCOCC(F)(F)F)C1CCC1. The number of ether oxygens (including phenoxy) is 1. The first-order chi connectivity index (χ1) is 6.99. The van der Waals surface area contributed by atoms with Crippen molar-refractivity contribution in [2.45, 2.75) is 38.4 Å². The Hall–Kier alpha value is -0.290. The van der Waals surface area contributed by atoms with E-state index in [9.17, 15) is 13.2 Å². The van der Waals surface area contributed by atoms with Gasteiger partial charge in [-0.1, -0.05) is 6.42 Å². The van der Waals surface area contributed by atoms with Gasteiger partial charge in [0.2, 0.25) is 0 Å². The third-order valence-electron chi connectivity index (χ3n) is 2.84. The van der Waals surface area contributed by atoms with Gasteiger partial charge in [-0.2, -0.15) is 13.2 Å². The van der Waals surface area contributed by atoms with Crippen LogP contribution in [0.2, 0.25) is 0 Å². The van der Waals surface area contributed by atoms with Crippen molar-refractivity contribution < 1.29 is 17.9 Å². The molecule has 1 atom stereocenters. The average molecular weight is 225 g/mol. The summed E-state index contributed by atoms with van der Waals surface area (Å²) in [5, 5.41) is 3.18. The fraction of sp³-hybridized carbons (Fsp3) is 1.00. The number of alkyl halides is 3. The fourth-order valence-electron chi connectivity index (χ4n) is 1.65. The van der Waals surface area contributed by atoms with Crippen LogP contribution in [0.4, 0.5) is 13.2 Å². The van der Waals surface area contributed by atoms with Crippen molar-refractivity contribution >= 4 is 0 Å². The molecule has 1 rings (SSSR count). The lowest BCUT2D eigenvalue weighted by molar-refractivity contribution is -0.173. The molecule has 1 N–H and O–H groups in total. The molecule has 5 heteroatoms. The van der Waals surface area contributed by atoms with Gasteiger partial charge in [-0.3, -0.25) is 0 Å². The van der Waals surface area contributed by atoms with Gasteiger partial charge in [-0.05, 0) is 25.7 Å². The Morgan fingerprint density at radius 1 is 1.40 bits per heavy atom. The molecule has 0 saturated heterocycles. The molecule has 1 saturated carbocycles. The summed E-state index contributed by atoms with van der Waals surface area (Å²) in [7, 11) is 0. The Kier molecular flexibility index (Phi) is 4.86. The zero-order valence-electron chi connectivity index (χ0n) is 8.94. The maximum atomic E-state index is 11.7. The molecule has 0 bridgehead atoms. The number of hydrogen-bond acceptors (Lipinski definition) is 2. The molecule has 0 aliphatic heterocycles. The highest BCUT2D eigenvalue weighted by Crippen LogP contribution is 2.29. The predicted molar refractivity (Wildman–Crippen MR) is 51.7 cm³/mol. The molecule has 1 aliphatic rings. The maximum absolute atomic E-state index is 11.7. The van der Waals surface area contributed by atoms with Crippen LogP contribution in [0.1, 0.15) is 26.2 Å². The normalized spacial score (nSPS) is 20.0.